The summed E-state index contributed by atoms with van der Waals surface area (Å²) in [4.78, 5) is 17.1. The number of rotatable bonds is 6. The number of aromatic nitrogens is 3. The Balaban J connectivity index is 2.07. The van der Waals surface area contributed by atoms with Crippen LogP contribution in [0.2, 0.25) is 0 Å². The van der Waals surface area contributed by atoms with Crippen molar-refractivity contribution < 1.29 is 19.0 Å². The highest BCUT2D eigenvalue weighted by molar-refractivity contribution is 5.92. The van der Waals surface area contributed by atoms with Crippen molar-refractivity contribution in [2.45, 2.75) is 26.8 Å². The Bertz CT molecular complexity index is 872. The zero-order valence-corrected chi connectivity index (χ0v) is 16.1. The first-order valence-electron chi connectivity index (χ1n) is 8.72. The Morgan fingerprint density at radius 2 is 2.00 bits per heavy atom. The summed E-state index contributed by atoms with van der Waals surface area (Å²) < 4.78 is 17.9. The van der Waals surface area contributed by atoms with Crippen LogP contribution < -0.4 is 14.8 Å². The number of methoxy groups -OCH3 is 2. The van der Waals surface area contributed by atoms with Crippen molar-refractivity contribution >= 4 is 11.9 Å². The van der Waals surface area contributed by atoms with Crippen LogP contribution in [0.3, 0.4) is 0 Å². The largest absolute Gasteiger partial charge is 0.493 e. The van der Waals surface area contributed by atoms with Gasteiger partial charge in [0.1, 0.15) is 12.4 Å². The van der Waals surface area contributed by atoms with Crippen LogP contribution in [0.1, 0.15) is 32.4 Å². The van der Waals surface area contributed by atoms with Crippen molar-refractivity contribution in [3.63, 3.8) is 0 Å². The number of anilines is 1. The minimum absolute atomic E-state index is 0.243. The quantitative estimate of drug-likeness (QED) is 0.780. The molecule has 2 aromatic rings. The van der Waals surface area contributed by atoms with E-state index in [9.17, 15) is 4.79 Å². The summed E-state index contributed by atoms with van der Waals surface area (Å²) in [6.45, 7) is 6.17. The molecule has 2 heterocycles. The number of hydrogen-bond donors (Lipinski definition) is 1. The molecule has 0 fully saturated rings. The molecule has 0 unspecified atom stereocenters. The third-order valence-electron chi connectivity index (χ3n) is 4.29. The normalized spacial score (nSPS) is 16.0. The molecule has 1 aliphatic rings. The van der Waals surface area contributed by atoms with Gasteiger partial charge in [-0.2, -0.15) is 10.1 Å². The average Bonchev–Trinajstić information content (AvgIpc) is 3.12. The first kappa shape index (κ1) is 18.8. The maximum atomic E-state index is 12.9. The van der Waals surface area contributed by atoms with E-state index in [0.717, 1.165) is 5.56 Å². The third kappa shape index (κ3) is 3.60. The molecule has 0 saturated carbocycles. The first-order valence-corrected chi connectivity index (χ1v) is 8.72. The molecule has 8 nitrogen and oxygen atoms in total. The van der Waals surface area contributed by atoms with Gasteiger partial charge >= 0.3 is 5.97 Å². The van der Waals surface area contributed by atoms with Crippen molar-refractivity contribution in [3.05, 3.63) is 41.4 Å². The molecule has 1 N–H and O–H groups in total. The number of nitrogens with one attached hydrogen (secondary N) is 1. The summed E-state index contributed by atoms with van der Waals surface area (Å²) in [5.74, 6) is 1.61. The van der Waals surface area contributed by atoms with Gasteiger partial charge < -0.3 is 19.5 Å². The molecule has 1 atom stereocenters. The van der Waals surface area contributed by atoms with Gasteiger partial charge in [-0.3, -0.25) is 0 Å². The van der Waals surface area contributed by atoms with E-state index < -0.39 is 6.04 Å². The topological polar surface area (TPSA) is 87.5 Å². The van der Waals surface area contributed by atoms with Gasteiger partial charge in [0.25, 0.3) is 0 Å². The van der Waals surface area contributed by atoms with Gasteiger partial charge in [-0.1, -0.05) is 19.9 Å². The molecular formula is C19H24N4O4. The highest BCUT2D eigenvalue weighted by Gasteiger charge is 2.34. The number of carbonyl (C=O) groups is 1. The van der Waals surface area contributed by atoms with Crippen LogP contribution in [0, 0.1) is 5.92 Å². The van der Waals surface area contributed by atoms with Gasteiger partial charge in [0, 0.05) is 5.70 Å². The lowest BCUT2D eigenvalue weighted by Gasteiger charge is -2.28. The summed E-state index contributed by atoms with van der Waals surface area (Å²) in [5.41, 5.74) is 1.99. The second-order valence-corrected chi connectivity index (χ2v) is 6.70. The van der Waals surface area contributed by atoms with Crippen LogP contribution in [0.4, 0.5) is 5.95 Å². The molecule has 0 saturated heterocycles. The molecule has 0 spiro atoms. The molecule has 1 aliphatic heterocycles. The molecule has 144 valence electrons. The van der Waals surface area contributed by atoms with Gasteiger partial charge in [0.2, 0.25) is 5.95 Å². The van der Waals surface area contributed by atoms with Crippen LogP contribution in [-0.2, 0) is 9.53 Å². The predicted octanol–water partition coefficient (Wildman–Crippen LogP) is 2.78. The third-order valence-corrected chi connectivity index (χ3v) is 4.29. The van der Waals surface area contributed by atoms with E-state index in [0.29, 0.717) is 35.3 Å². The number of fused-ring (bicyclic) bond motifs is 1. The molecule has 27 heavy (non-hydrogen) atoms. The van der Waals surface area contributed by atoms with Gasteiger partial charge in [0.15, 0.2) is 11.5 Å². The summed E-state index contributed by atoms with van der Waals surface area (Å²) >= 11 is 0. The number of carbonyl (C=O) groups excluding carboxylic acids is 1. The maximum Gasteiger partial charge on any atom is 0.338 e. The van der Waals surface area contributed by atoms with Gasteiger partial charge in [-0.05, 0) is 30.5 Å². The van der Waals surface area contributed by atoms with Crippen molar-refractivity contribution in [1.29, 1.82) is 0 Å². The van der Waals surface area contributed by atoms with Crippen LogP contribution in [-0.4, -0.2) is 41.6 Å². The highest BCUT2D eigenvalue weighted by Crippen LogP contribution is 2.38. The van der Waals surface area contributed by atoms with Crippen LogP contribution in [0.15, 0.2) is 35.8 Å². The van der Waals surface area contributed by atoms with E-state index >= 15 is 0 Å². The van der Waals surface area contributed by atoms with Crippen LogP contribution in [0.25, 0.3) is 0 Å². The van der Waals surface area contributed by atoms with E-state index in [2.05, 4.69) is 15.4 Å². The number of ether oxygens (including phenoxy) is 3. The minimum Gasteiger partial charge on any atom is -0.493 e. The molecule has 0 aliphatic carbocycles. The lowest BCUT2D eigenvalue weighted by atomic mass is 9.95. The maximum absolute atomic E-state index is 12.9. The van der Waals surface area contributed by atoms with Gasteiger partial charge in [0.05, 0.1) is 26.4 Å². The second kappa shape index (κ2) is 7.69. The van der Waals surface area contributed by atoms with Crippen molar-refractivity contribution in [1.82, 2.24) is 14.8 Å². The minimum atomic E-state index is -0.483. The Morgan fingerprint density at radius 1 is 1.26 bits per heavy atom. The van der Waals surface area contributed by atoms with Crippen LogP contribution in [0.5, 0.6) is 11.5 Å². The monoisotopic (exact) mass is 372 g/mol. The number of allylic oxidation sites excluding steroid dienone is 1. The molecule has 1 aromatic carbocycles. The Hall–Kier alpha value is -3.03. The number of esters is 1. The van der Waals surface area contributed by atoms with E-state index in [1.165, 1.54) is 6.33 Å². The number of nitrogens with zero attached hydrogens (tertiary/aromatic N) is 3. The summed E-state index contributed by atoms with van der Waals surface area (Å²) in [6, 6.07) is 5.04. The fraction of sp³-hybridized carbons (Fsp3) is 0.421. The molecule has 0 bridgehead atoms. The molecular weight excluding hydrogens is 348 g/mol. The average molecular weight is 372 g/mol. The Morgan fingerprint density at radius 3 is 2.67 bits per heavy atom. The second-order valence-electron chi connectivity index (χ2n) is 6.70. The fourth-order valence-corrected chi connectivity index (χ4v) is 3.01. The first-order chi connectivity index (χ1) is 13.0. The zero-order chi connectivity index (χ0) is 19.6. The lowest BCUT2D eigenvalue weighted by Crippen LogP contribution is -2.30. The fourth-order valence-electron chi connectivity index (χ4n) is 3.01. The van der Waals surface area contributed by atoms with Crippen LogP contribution >= 0.6 is 0 Å². The lowest BCUT2D eigenvalue weighted by molar-refractivity contribution is -0.140. The predicted molar refractivity (Wildman–Crippen MR) is 99.8 cm³/mol. The van der Waals surface area contributed by atoms with E-state index in [4.69, 9.17) is 14.2 Å². The SMILES string of the molecule is COc1ccc([C@@H]2C(C(=O)OCC(C)C)=C(C)Nc3ncnn32)cc1OC. The molecule has 8 heteroatoms. The standard InChI is InChI=1S/C19H24N4O4/c1-11(2)9-27-18(24)16-12(3)22-19-20-10-21-23(19)17(16)13-6-7-14(25-4)15(8-13)26-5/h6-8,10-11,17H,9H2,1-5H3,(H,20,21,22)/t17-/m1/s1. The van der Waals surface area contributed by atoms with Crippen molar-refractivity contribution in [2.75, 3.05) is 26.1 Å². The van der Waals surface area contributed by atoms with E-state index in [1.54, 1.807) is 25.0 Å². The molecule has 1 aromatic heterocycles. The van der Waals surface area contributed by atoms with Crippen molar-refractivity contribution in [3.8, 4) is 11.5 Å². The van der Waals surface area contributed by atoms with Gasteiger partial charge in [-0.15, -0.1) is 0 Å². The van der Waals surface area contributed by atoms with E-state index in [-0.39, 0.29) is 11.9 Å². The smallest absolute Gasteiger partial charge is 0.338 e. The summed E-state index contributed by atoms with van der Waals surface area (Å²) in [6.07, 6.45) is 1.45. The summed E-state index contributed by atoms with van der Waals surface area (Å²) in [7, 11) is 3.15. The molecule has 0 radical (unpaired) electrons. The zero-order valence-electron chi connectivity index (χ0n) is 16.1. The summed E-state index contributed by atoms with van der Waals surface area (Å²) in [5, 5.41) is 7.43. The van der Waals surface area contributed by atoms with Crippen molar-refractivity contribution in [2.24, 2.45) is 5.92 Å². The molecule has 3 rings (SSSR count). The Labute approximate surface area is 158 Å². The number of hydrogen-bond acceptors (Lipinski definition) is 7. The Kier molecular flexibility index (Phi) is 5.34. The van der Waals surface area contributed by atoms with Gasteiger partial charge in [-0.25, -0.2) is 9.48 Å². The van der Waals surface area contributed by atoms with E-state index in [1.807, 2.05) is 32.9 Å². The molecule has 0 amide bonds. The highest BCUT2D eigenvalue weighted by atomic mass is 16.5. The number of benzene rings is 1.